The molecule has 2 aliphatic heterocycles. The molecule has 0 N–H and O–H groups in total. The van der Waals surface area contributed by atoms with Crippen LogP contribution in [0.2, 0.25) is 0 Å². The number of allylic oxidation sites excluding steroid dienone is 4. The summed E-state index contributed by atoms with van der Waals surface area (Å²) in [5.74, 6) is -0.474. The second kappa shape index (κ2) is 9.97. The Morgan fingerprint density at radius 1 is 0.380 bits per heavy atom. The van der Waals surface area contributed by atoms with Gasteiger partial charge in [0.1, 0.15) is 0 Å². The fraction of sp³-hybridized carbons (Fsp3) is 0.227. The first-order valence-corrected chi connectivity index (χ1v) is 17.7. The number of amides is 4. The molecule has 11 rings (SSSR count). The van der Waals surface area contributed by atoms with Crippen molar-refractivity contribution in [2.24, 2.45) is 47.3 Å². The molecule has 6 nitrogen and oxygen atoms in total. The van der Waals surface area contributed by atoms with Gasteiger partial charge in [0.25, 0.3) is 0 Å². The topological polar surface area (TPSA) is 74.8 Å². The smallest absolute Gasteiger partial charge is 0.238 e. The Morgan fingerprint density at radius 3 is 0.940 bits per heavy atom. The lowest BCUT2D eigenvalue weighted by atomic mass is 9.85. The zero-order chi connectivity index (χ0) is 33.4. The minimum Gasteiger partial charge on any atom is -0.274 e. The predicted molar refractivity (Wildman–Crippen MR) is 193 cm³/mol. The molecule has 4 fully saturated rings. The fourth-order valence-corrected chi connectivity index (χ4v) is 10.6. The number of hydrogen-bond acceptors (Lipinski definition) is 4. The van der Waals surface area contributed by atoms with E-state index in [4.69, 9.17) is 0 Å². The number of nitrogens with zero attached hydrogens (tertiary/aromatic N) is 2. The molecule has 0 radical (unpaired) electrons. The van der Waals surface area contributed by atoms with Crippen LogP contribution in [0.3, 0.4) is 0 Å². The molecule has 4 bridgehead atoms. The summed E-state index contributed by atoms with van der Waals surface area (Å²) in [6, 6.07) is 32.5. The highest BCUT2D eigenvalue weighted by atomic mass is 16.2. The van der Waals surface area contributed by atoms with Gasteiger partial charge in [-0.25, -0.2) is 0 Å². The highest BCUT2D eigenvalue weighted by Gasteiger charge is 2.60. The van der Waals surface area contributed by atoms with Crippen LogP contribution < -0.4 is 9.80 Å². The minimum atomic E-state index is -0.227. The lowest BCUT2D eigenvalue weighted by Crippen LogP contribution is -2.32. The third-order valence-electron chi connectivity index (χ3n) is 12.7. The Hall–Kier alpha value is -5.62. The van der Waals surface area contributed by atoms with E-state index in [9.17, 15) is 19.2 Å². The molecule has 4 aliphatic carbocycles. The van der Waals surface area contributed by atoms with Gasteiger partial charge in [0.05, 0.1) is 35.0 Å². The van der Waals surface area contributed by atoms with Crippen LogP contribution in [-0.4, -0.2) is 23.6 Å². The number of carbonyl (C=O) groups excluding carboxylic acids is 4. The highest BCUT2D eigenvalue weighted by molar-refractivity contribution is 6.25. The maximum absolute atomic E-state index is 13.5. The molecule has 242 valence electrons. The van der Waals surface area contributed by atoms with E-state index in [1.807, 2.05) is 72.8 Å². The van der Waals surface area contributed by atoms with Crippen molar-refractivity contribution in [3.63, 3.8) is 0 Å². The second-order valence-electron chi connectivity index (χ2n) is 15.0. The van der Waals surface area contributed by atoms with Crippen molar-refractivity contribution in [3.8, 4) is 22.3 Å². The van der Waals surface area contributed by atoms with Gasteiger partial charge in [0.15, 0.2) is 0 Å². The van der Waals surface area contributed by atoms with Crippen LogP contribution in [0, 0.1) is 47.3 Å². The Morgan fingerprint density at radius 2 is 0.660 bits per heavy atom. The lowest BCUT2D eigenvalue weighted by Gasteiger charge is -2.20. The summed E-state index contributed by atoms with van der Waals surface area (Å²) in [6.07, 6.45) is 10.3. The van der Waals surface area contributed by atoms with E-state index in [0.717, 1.165) is 56.6 Å². The fourth-order valence-electron chi connectivity index (χ4n) is 10.6. The molecule has 6 aliphatic rings. The van der Waals surface area contributed by atoms with Crippen molar-refractivity contribution in [3.05, 3.63) is 121 Å². The molecule has 6 heteroatoms. The number of hydrogen-bond donors (Lipinski definition) is 0. The molecular weight excluding hydrogens is 620 g/mol. The molecule has 0 unspecified atom stereocenters. The third-order valence-corrected chi connectivity index (χ3v) is 12.7. The number of anilines is 2. The summed E-state index contributed by atoms with van der Waals surface area (Å²) >= 11 is 0. The van der Waals surface area contributed by atoms with Gasteiger partial charge >= 0.3 is 0 Å². The Kier molecular flexibility index (Phi) is 5.63. The maximum atomic E-state index is 13.5. The van der Waals surface area contributed by atoms with Crippen LogP contribution in [-0.2, 0) is 19.2 Å². The first-order valence-electron chi connectivity index (χ1n) is 17.7. The molecule has 0 aromatic heterocycles. The summed E-state index contributed by atoms with van der Waals surface area (Å²) in [4.78, 5) is 56.8. The largest absolute Gasteiger partial charge is 0.274 e. The molecule has 50 heavy (non-hydrogen) atoms. The van der Waals surface area contributed by atoms with Gasteiger partial charge in [-0.15, -0.1) is 0 Å². The number of fused-ring (bicyclic) bond motifs is 12. The quantitative estimate of drug-likeness (QED) is 0.112. The molecule has 2 saturated heterocycles. The summed E-state index contributed by atoms with van der Waals surface area (Å²) < 4.78 is 0. The van der Waals surface area contributed by atoms with Crippen molar-refractivity contribution in [1.29, 1.82) is 0 Å². The Bertz CT molecular complexity index is 2140. The zero-order valence-corrected chi connectivity index (χ0v) is 27.1. The summed E-state index contributed by atoms with van der Waals surface area (Å²) in [5.41, 5.74) is 5.44. The number of rotatable bonds is 4. The Balaban J connectivity index is 0.979. The summed E-state index contributed by atoms with van der Waals surface area (Å²) in [7, 11) is 0. The van der Waals surface area contributed by atoms with Gasteiger partial charge in [-0.2, -0.15) is 0 Å². The molecule has 2 saturated carbocycles. The molecule has 4 amide bonds. The van der Waals surface area contributed by atoms with Crippen molar-refractivity contribution >= 4 is 56.5 Å². The van der Waals surface area contributed by atoms with Crippen LogP contribution in [0.4, 0.5) is 11.4 Å². The average Bonchev–Trinajstić information content (AvgIpc) is 4.01. The standard InChI is InChI=1S/C44H32N2O4/c47-41-37-25-9-10-26(21-25)38(37)42(48)45(41)29-17-13-23(14-18-29)35-31-5-1-2-6-32(31)36(34-8-4-3-7-33(34)35)24-15-19-30(20-16-24)46-43(49)39-27-11-12-28(22-27)40(39)44(46)50/h1-20,25-28,37-40H,21-22H2/t25-,26-,27-,28-,37+,38+,39+,40+/m0/s1. The highest BCUT2D eigenvalue weighted by Crippen LogP contribution is 2.55. The van der Waals surface area contributed by atoms with E-state index in [2.05, 4.69) is 48.6 Å². The minimum absolute atomic E-state index is 0.0682. The van der Waals surface area contributed by atoms with Crippen LogP contribution in [0.1, 0.15) is 12.8 Å². The molecule has 0 spiro atoms. The van der Waals surface area contributed by atoms with Gasteiger partial charge in [-0.05, 0) is 105 Å². The predicted octanol–water partition coefficient (Wildman–Crippen LogP) is 7.95. The number of carbonyl (C=O) groups is 4. The van der Waals surface area contributed by atoms with E-state index in [1.54, 1.807) is 0 Å². The van der Waals surface area contributed by atoms with E-state index >= 15 is 0 Å². The van der Waals surface area contributed by atoms with Gasteiger partial charge < -0.3 is 0 Å². The van der Waals surface area contributed by atoms with Gasteiger partial charge in [0, 0.05) is 0 Å². The van der Waals surface area contributed by atoms with Crippen LogP contribution in [0.25, 0.3) is 43.8 Å². The molecule has 8 atom stereocenters. The molecule has 5 aromatic carbocycles. The average molecular weight is 653 g/mol. The van der Waals surface area contributed by atoms with Gasteiger partial charge in [0.2, 0.25) is 23.6 Å². The maximum Gasteiger partial charge on any atom is 0.238 e. The van der Waals surface area contributed by atoms with E-state index < -0.39 is 0 Å². The van der Waals surface area contributed by atoms with E-state index in [1.165, 1.54) is 9.80 Å². The van der Waals surface area contributed by atoms with Crippen molar-refractivity contribution in [2.75, 3.05) is 9.80 Å². The van der Waals surface area contributed by atoms with Gasteiger partial charge in [-0.1, -0.05) is 97.1 Å². The normalized spacial score (nSPS) is 30.2. The lowest BCUT2D eigenvalue weighted by molar-refractivity contribution is -0.124. The third kappa shape index (κ3) is 3.58. The second-order valence-corrected chi connectivity index (χ2v) is 15.0. The molecular formula is C44H32N2O4. The first-order chi connectivity index (χ1) is 24.5. The molecule has 2 heterocycles. The molecule has 5 aromatic rings. The van der Waals surface area contributed by atoms with E-state index in [0.29, 0.717) is 11.4 Å². The number of benzene rings is 5. The van der Waals surface area contributed by atoms with Crippen LogP contribution in [0.5, 0.6) is 0 Å². The van der Waals surface area contributed by atoms with Crippen molar-refractivity contribution < 1.29 is 19.2 Å². The number of imide groups is 2. The van der Waals surface area contributed by atoms with Crippen molar-refractivity contribution in [1.82, 2.24) is 0 Å². The van der Waals surface area contributed by atoms with Crippen LogP contribution in [0.15, 0.2) is 121 Å². The zero-order valence-electron chi connectivity index (χ0n) is 27.1. The van der Waals surface area contributed by atoms with Gasteiger partial charge in [-0.3, -0.25) is 29.0 Å². The SMILES string of the molecule is O=C1[C@H]2[C@H](C(=O)N1c1ccc(-c3c4ccccc4c(-c4ccc(N5C(=O)[C@H]6[C@H](C5=O)[C@H]5C=C[C@H]6C5)cc4)c4ccccc34)cc1)[C@H]1C=C[C@H]2C1. The monoisotopic (exact) mass is 652 g/mol. The van der Waals surface area contributed by atoms with Crippen LogP contribution >= 0.6 is 0 Å². The van der Waals surface area contributed by atoms with Crippen molar-refractivity contribution in [2.45, 2.75) is 12.8 Å². The summed E-state index contributed by atoms with van der Waals surface area (Å²) in [5, 5.41) is 4.35. The van der Waals surface area contributed by atoms with E-state index in [-0.39, 0.29) is 71.0 Å². The Labute approximate surface area is 288 Å². The first kappa shape index (κ1) is 28.2. The summed E-state index contributed by atoms with van der Waals surface area (Å²) in [6.45, 7) is 0.